The van der Waals surface area contributed by atoms with E-state index in [1.54, 1.807) is 12.1 Å². The van der Waals surface area contributed by atoms with Crippen molar-refractivity contribution < 1.29 is 0 Å². The van der Waals surface area contributed by atoms with Crippen LogP contribution in [0.4, 0.5) is 11.6 Å². The molecule has 2 aromatic heterocycles. The number of rotatable bonds is 0. The molecule has 5 heteroatoms. The predicted octanol–water partition coefficient (Wildman–Crippen LogP) is -0.142. The lowest BCUT2D eigenvalue weighted by atomic mass is 10.5. The molecule has 0 atom stereocenters. The summed E-state index contributed by atoms with van der Waals surface area (Å²) in [5.41, 5.74) is 13.1. The number of nitrogens with zero attached hydrogens (tertiary/aromatic N) is 2. The Labute approximate surface area is 69.3 Å². The van der Waals surface area contributed by atoms with Crippen LogP contribution >= 0.6 is 0 Å². The first-order chi connectivity index (χ1) is 5.61. The number of anilines is 2. The SMILES string of the molecule is Cn1c(N)cc2c1cc(N)n2N. The van der Waals surface area contributed by atoms with Gasteiger partial charge < -0.3 is 21.9 Å². The molecule has 2 heterocycles. The van der Waals surface area contributed by atoms with E-state index in [4.69, 9.17) is 17.3 Å². The summed E-state index contributed by atoms with van der Waals surface area (Å²) in [5.74, 6) is 6.86. The fourth-order valence-electron chi connectivity index (χ4n) is 1.33. The van der Waals surface area contributed by atoms with Crippen LogP contribution in [0.2, 0.25) is 0 Å². The van der Waals surface area contributed by atoms with Crippen molar-refractivity contribution in [2.45, 2.75) is 0 Å². The molecule has 0 unspecified atom stereocenters. The minimum absolute atomic E-state index is 0.538. The van der Waals surface area contributed by atoms with E-state index in [2.05, 4.69) is 0 Å². The van der Waals surface area contributed by atoms with E-state index in [-0.39, 0.29) is 0 Å². The average molecular weight is 165 g/mol. The summed E-state index contributed by atoms with van der Waals surface area (Å²) in [7, 11) is 1.87. The number of hydrogen-bond donors (Lipinski definition) is 3. The highest BCUT2D eigenvalue weighted by Crippen LogP contribution is 2.23. The maximum Gasteiger partial charge on any atom is 0.124 e. The molecule has 5 nitrogen and oxygen atoms in total. The average Bonchev–Trinajstić information content (AvgIpc) is 2.43. The lowest BCUT2D eigenvalue weighted by Gasteiger charge is -1.95. The standard InChI is InChI=1S/C7H11N5/c1-11-4-2-7(9)12(10)5(4)3-6(11)8/h2-3H,8-10H2,1H3. The van der Waals surface area contributed by atoms with Crippen molar-refractivity contribution in [1.82, 2.24) is 9.24 Å². The molecule has 0 aliphatic rings. The topological polar surface area (TPSA) is 87.9 Å². The van der Waals surface area contributed by atoms with E-state index in [0.29, 0.717) is 11.6 Å². The first kappa shape index (κ1) is 6.90. The number of aromatic nitrogens is 2. The van der Waals surface area contributed by atoms with Crippen LogP contribution in [0.1, 0.15) is 0 Å². The number of aryl methyl sites for hydroxylation is 1. The predicted molar refractivity (Wildman–Crippen MR) is 49.9 cm³/mol. The molecule has 0 amide bonds. The molecular weight excluding hydrogens is 154 g/mol. The molecule has 0 aliphatic carbocycles. The minimum Gasteiger partial charge on any atom is -0.385 e. The van der Waals surface area contributed by atoms with Gasteiger partial charge in [-0.25, -0.2) is 4.68 Å². The van der Waals surface area contributed by atoms with Crippen molar-refractivity contribution in [3.63, 3.8) is 0 Å². The summed E-state index contributed by atoms with van der Waals surface area (Å²) in [6, 6.07) is 3.59. The highest BCUT2D eigenvalue weighted by molar-refractivity contribution is 5.85. The largest absolute Gasteiger partial charge is 0.385 e. The Morgan fingerprint density at radius 2 is 1.67 bits per heavy atom. The van der Waals surface area contributed by atoms with Gasteiger partial charge in [0.1, 0.15) is 11.6 Å². The molecular formula is C7H11N5. The lowest BCUT2D eigenvalue weighted by molar-refractivity contribution is 0.984. The van der Waals surface area contributed by atoms with Crippen LogP contribution in [0, 0.1) is 0 Å². The second-order valence-corrected chi connectivity index (χ2v) is 2.84. The second-order valence-electron chi connectivity index (χ2n) is 2.84. The zero-order valence-corrected chi connectivity index (χ0v) is 6.78. The summed E-state index contributed by atoms with van der Waals surface area (Å²) >= 11 is 0. The molecule has 0 aromatic carbocycles. The first-order valence-corrected chi connectivity index (χ1v) is 3.58. The van der Waals surface area contributed by atoms with Gasteiger partial charge in [-0.2, -0.15) is 0 Å². The zero-order chi connectivity index (χ0) is 8.88. The highest BCUT2D eigenvalue weighted by Gasteiger charge is 2.08. The Hall–Kier alpha value is -1.78. The number of nitrogens with two attached hydrogens (primary N) is 3. The summed E-state index contributed by atoms with van der Waals surface area (Å²) in [6.07, 6.45) is 0. The van der Waals surface area contributed by atoms with Crippen molar-refractivity contribution in [2.24, 2.45) is 7.05 Å². The molecule has 0 spiro atoms. The van der Waals surface area contributed by atoms with Gasteiger partial charge in [-0.1, -0.05) is 0 Å². The first-order valence-electron chi connectivity index (χ1n) is 3.58. The molecule has 12 heavy (non-hydrogen) atoms. The van der Waals surface area contributed by atoms with E-state index in [9.17, 15) is 0 Å². The molecule has 64 valence electrons. The van der Waals surface area contributed by atoms with Crippen molar-refractivity contribution in [3.05, 3.63) is 12.1 Å². The van der Waals surface area contributed by atoms with Crippen LogP contribution in [0.15, 0.2) is 12.1 Å². The van der Waals surface area contributed by atoms with Gasteiger partial charge >= 0.3 is 0 Å². The van der Waals surface area contributed by atoms with Crippen LogP contribution in [-0.2, 0) is 7.05 Å². The highest BCUT2D eigenvalue weighted by atomic mass is 15.3. The fraction of sp³-hybridized carbons (Fsp3) is 0.143. The Morgan fingerprint density at radius 3 is 2.25 bits per heavy atom. The maximum atomic E-state index is 5.67. The molecule has 0 bridgehead atoms. The van der Waals surface area contributed by atoms with Crippen molar-refractivity contribution in [1.29, 1.82) is 0 Å². The number of hydrogen-bond acceptors (Lipinski definition) is 3. The maximum absolute atomic E-state index is 5.67. The van der Waals surface area contributed by atoms with Gasteiger partial charge in [-0.3, -0.25) is 0 Å². The summed E-state index contributed by atoms with van der Waals surface area (Å²) in [4.78, 5) is 0. The normalized spacial score (nSPS) is 11.1. The lowest BCUT2D eigenvalue weighted by Crippen LogP contribution is -2.10. The quantitative estimate of drug-likeness (QED) is 0.475. The third kappa shape index (κ3) is 0.623. The molecule has 0 saturated heterocycles. The van der Waals surface area contributed by atoms with E-state index in [1.165, 1.54) is 4.68 Å². The van der Waals surface area contributed by atoms with Crippen LogP contribution in [0.25, 0.3) is 11.0 Å². The Kier molecular flexibility index (Phi) is 1.08. The van der Waals surface area contributed by atoms with Crippen molar-refractivity contribution in [2.75, 3.05) is 17.3 Å². The van der Waals surface area contributed by atoms with E-state index < -0.39 is 0 Å². The molecule has 2 rings (SSSR count). The van der Waals surface area contributed by atoms with Crippen molar-refractivity contribution >= 4 is 22.7 Å². The molecule has 0 fully saturated rings. The third-order valence-electron chi connectivity index (χ3n) is 2.12. The smallest absolute Gasteiger partial charge is 0.124 e. The summed E-state index contributed by atoms with van der Waals surface area (Å²) < 4.78 is 3.26. The van der Waals surface area contributed by atoms with Crippen LogP contribution < -0.4 is 17.3 Å². The van der Waals surface area contributed by atoms with Gasteiger partial charge in [-0.05, 0) is 0 Å². The van der Waals surface area contributed by atoms with Gasteiger partial charge in [0.2, 0.25) is 0 Å². The van der Waals surface area contributed by atoms with Gasteiger partial charge in [0.25, 0.3) is 0 Å². The van der Waals surface area contributed by atoms with Gasteiger partial charge in [0, 0.05) is 19.2 Å². The Morgan fingerprint density at radius 1 is 1.08 bits per heavy atom. The van der Waals surface area contributed by atoms with E-state index in [0.717, 1.165) is 11.0 Å². The fourth-order valence-corrected chi connectivity index (χ4v) is 1.33. The number of fused-ring (bicyclic) bond motifs is 1. The zero-order valence-electron chi connectivity index (χ0n) is 6.78. The van der Waals surface area contributed by atoms with Crippen molar-refractivity contribution in [3.8, 4) is 0 Å². The summed E-state index contributed by atoms with van der Waals surface area (Å²) in [5, 5.41) is 0. The van der Waals surface area contributed by atoms with Gasteiger partial charge in [-0.15, -0.1) is 0 Å². The Balaban J connectivity index is 2.93. The molecule has 6 N–H and O–H groups in total. The monoisotopic (exact) mass is 165 g/mol. The van der Waals surface area contributed by atoms with E-state index in [1.807, 2.05) is 11.6 Å². The molecule has 0 saturated carbocycles. The summed E-state index contributed by atoms with van der Waals surface area (Å²) in [6.45, 7) is 0. The van der Waals surface area contributed by atoms with Gasteiger partial charge in [0.15, 0.2) is 0 Å². The number of nitrogen functional groups attached to an aromatic ring is 3. The molecule has 2 aromatic rings. The van der Waals surface area contributed by atoms with E-state index >= 15 is 0 Å². The van der Waals surface area contributed by atoms with Gasteiger partial charge in [0.05, 0.1) is 11.0 Å². The minimum atomic E-state index is 0.538. The van der Waals surface area contributed by atoms with Crippen LogP contribution in [-0.4, -0.2) is 9.24 Å². The third-order valence-corrected chi connectivity index (χ3v) is 2.12. The Bertz CT molecular complexity index is 394. The molecule has 0 radical (unpaired) electrons. The van der Waals surface area contributed by atoms with Crippen LogP contribution in [0.3, 0.4) is 0 Å². The molecule has 0 aliphatic heterocycles. The van der Waals surface area contributed by atoms with Crippen LogP contribution in [0.5, 0.6) is 0 Å². The second kappa shape index (κ2) is 1.88.